The van der Waals surface area contributed by atoms with Gasteiger partial charge in [-0.05, 0) is 31.7 Å². The zero-order valence-corrected chi connectivity index (χ0v) is 13.3. The highest BCUT2D eigenvalue weighted by Crippen LogP contribution is 2.50. The normalized spacial score (nSPS) is 17.1. The number of hydrogen-bond donors (Lipinski definition) is 0. The van der Waals surface area contributed by atoms with Crippen molar-refractivity contribution in [3.63, 3.8) is 0 Å². The van der Waals surface area contributed by atoms with Crippen LogP contribution in [0.15, 0.2) is 0 Å². The van der Waals surface area contributed by atoms with Crippen LogP contribution < -0.4 is 9.80 Å². The summed E-state index contributed by atoms with van der Waals surface area (Å²) in [5.41, 5.74) is -2.30. The van der Waals surface area contributed by atoms with E-state index in [0.29, 0.717) is 26.2 Å². The summed E-state index contributed by atoms with van der Waals surface area (Å²) in [6.45, 7) is 1.75. The number of rotatable bonds is 5. The van der Waals surface area contributed by atoms with Crippen molar-refractivity contribution >= 4 is 28.4 Å². The van der Waals surface area contributed by atoms with E-state index in [0.717, 1.165) is 25.7 Å². The molecule has 0 unspecified atom stereocenters. The second-order valence-electron chi connectivity index (χ2n) is 6.03. The average molecular weight is 350 g/mol. The molecule has 25 heavy (non-hydrogen) atoms. The first-order chi connectivity index (χ1) is 11.9. The Labute approximate surface area is 142 Å². The third-order valence-corrected chi connectivity index (χ3v) is 4.53. The zero-order valence-electron chi connectivity index (χ0n) is 13.3. The van der Waals surface area contributed by atoms with Gasteiger partial charge in [-0.1, -0.05) is 0 Å². The lowest BCUT2D eigenvalue weighted by Crippen LogP contribution is -2.25. The highest BCUT2D eigenvalue weighted by molar-refractivity contribution is 5.91. The van der Waals surface area contributed by atoms with Crippen LogP contribution in [0, 0.1) is 36.4 Å². The fraction of sp³-hybridized carbons (Fsp3) is 0.571. The molecule has 0 radical (unpaired) electrons. The topological polar surface area (TPSA) is 136 Å². The minimum Gasteiger partial charge on any atom is -0.413 e. The van der Waals surface area contributed by atoms with E-state index in [1.54, 1.807) is 9.80 Å². The van der Waals surface area contributed by atoms with Crippen LogP contribution in [0.25, 0.3) is 0 Å². The third-order valence-electron chi connectivity index (χ3n) is 4.53. The van der Waals surface area contributed by atoms with E-state index in [1.807, 2.05) is 0 Å². The molecule has 2 fully saturated rings. The van der Waals surface area contributed by atoms with E-state index in [4.69, 9.17) is 0 Å². The predicted molar refractivity (Wildman–Crippen MR) is 88.1 cm³/mol. The maximum Gasteiger partial charge on any atom is 0.224 e. The van der Waals surface area contributed by atoms with E-state index >= 15 is 0 Å². The molecular weight excluding hydrogens is 334 g/mol. The summed E-state index contributed by atoms with van der Waals surface area (Å²) in [6, 6.07) is 2.24. The van der Waals surface area contributed by atoms with Crippen molar-refractivity contribution in [3.05, 3.63) is 36.4 Å². The number of benzene rings is 1. The molecule has 1 aromatic carbocycles. The van der Waals surface area contributed by atoms with Crippen molar-refractivity contribution in [3.8, 4) is 0 Å². The van der Waals surface area contributed by atoms with Gasteiger partial charge in [-0.25, -0.2) is 0 Å². The summed E-state index contributed by atoms with van der Waals surface area (Å²) in [6.07, 6.45) is 3.02. The van der Waals surface area contributed by atoms with Gasteiger partial charge >= 0.3 is 0 Å². The molecule has 11 nitrogen and oxygen atoms in total. The molecule has 2 heterocycles. The summed E-state index contributed by atoms with van der Waals surface area (Å²) in [4.78, 5) is 35.4. The van der Waals surface area contributed by atoms with Crippen LogP contribution in [0.1, 0.15) is 25.7 Å². The van der Waals surface area contributed by atoms with Crippen LogP contribution in [0.2, 0.25) is 0 Å². The van der Waals surface area contributed by atoms with Crippen molar-refractivity contribution in [1.29, 1.82) is 0 Å². The van der Waals surface area contributed by atoms with Gasteiger partial charge in [0.05, 0.1) is 11.4 Å². The molecule has 2 aliphatic rings. The molecule has 2 aliphatic heterocycles. The lowest BCUT2D eigenvalue weighted by atomic mass is 10.1. The smallest absolute Gasteiger partial charge is 0.224 e. The molecule has 0 spiro atoms. The lowest BCUT2D eigenvalue weighted by Gasteiger charge is -2.29. The van der Waals surface area contributed by atoms with Crippen LogP contribution in [-0.2, 0) is 0 Å². The van der Waals surface area contributed by atoms with E-state index in [-0.39, 0.29) is 11.4 Å². The average Bonchev–Trinajstić information content (AvgIpc) is 3.25. The largest absolute Gasteiger partial charge is 0.413 e. The first kappa shape index (κ1) is 16.9. The maximum atomic E-state index is 11.8. The summed E-state index contributed by atoms with van der Waals surface area (Å²) >= 11 is 0. The summed E-state index contributed by atoms with van der Waals surface area (Å²) in [7, 11) is 0. The van der Waals surface area contributed by atoms with Gasteiger partial charge in [0.25, 0.3) is 0 Å². The van der Waals surface area contributed by atoms with Gasteiger partial charge in [-0.3, -0.25) is 30.3 Å². The molecule has 0 N–H and O–H groups in total. The number of anilines is 2. The molecule has 0 bridgehead atoms. The fourth-order valence-electron chi connectivity index (χ4n) is 3.48. The standard InChI is InChI=1S/C14H16N5O6/c20-17(21)10-9-11(18(22)23)13(16-7-3-4-8-16)14(19(24)25)12(10)15-5-1-2-6-15/h1-8H2/q-1. The lowest BCUT2D eigenvalue weighted by molar-refractivity contribution is -0.401. The minimum absolute atomic E-state index is 0.167. The van der Waals surface area contributed by atoms with Gasteiger partial charge in [0.15, 0.2) is 11.4 Å². The van der Waals surface area contributed by atoms with Gasteiger partial charge in [-0.15, -0.1) is 0 Å². The molecule has 0 saturated carbocycles. The molecule has 11 heteroatoms. The van der Waals surface area contributed by atoms with Crippen LogP contribution in [0.5, 0.6) is 0 Å². The second kappa shape index (κ2) is 6.49. The first-order valence-corrected chi connectivity index (χ1v) is 7.98. The van der Waals surface area contributed by atoms with Gasteiger partial charge in [-0.2, -0.15) is 0 Å². The summed E-state index contributed by atoms with van der Waals surface area (Å²) in [5, 5.41) is 34.7. The van der Waals surface area contributed by atoms with E-state index < -0.39 is 31.8 Å². The molecule has 2 saturated heterocycles. The maximum absolute atomic E-state index is 11.8. The number of nitro benzene ring substituents is 3. The molecular formula is C14H16N5O6-. The Hall–Kier alpha value is -2.98. The summed E-state index contributed by atoms with van der Waals surface area (Å²) in [5.74, 6) is 0. The Kier molecular flexibility index (Phi) is 4.38. The Morgan fingerprint density at radius 1 is 0.680 bits per heavy atom. The zero-order chi connectivity index (χ0) is 18.1. The second-order valence-corrected chi connectivity index (χ2v) is 6.03. The number of nitro groups is 3. The van der Waals surface area contributed by atoms with Crippen molar-refractivity contribution in [2.75, 3.05) is 36.0 Å². The monoisotopic (exact) mass is 350 g/mol. The van der Waals surface area contributed by atoms with Crippen LogP contribution in [0.3, 0.4) is 0 Å². The first-order valence-electron chi connectivity index (χ1n) is 7.98. The van der Waals surface area contributed by atoms with Crippen LogP contribution >= 0.6 is 0 Å². The summed E-state index contributed by atoms with van der Waals surface area (Å²) < 4.78 is 0. The van der Waals surface area contributed by atoms with Crippen molar-refractivity contribution in [2.45, 2.75) is 25.7 Å². The SMILES string of the molecule is O=[N+]([O-])c1[c-]c([N+](=O)[O-])c(N2CCCC2)c([N+](=O)[O-])c1N1CCCC1. The third kappa shape index (κ3) is 2.92. The highest BCUT2D eigenvalue weighted by atomic mass is 16.6. The van der Waals surface area contributed by atoms with Crippen LogP contribution in [-0.4, -0.2) is 40.9 Å². The van der Waals surface area contributed by atoms with Gasteiger partial charge in [0.2, 0.25) is 5.69 Å². The van der Waals surface area contributed by atoms with E-state index in [1.165, 1.54) is 0 Å². The Bertz CT molecular complexity index is 687. The van der Waals surface area contributed by atoms with E-state index in [9.17, 15) is 30.3 Å². The molecule has 0 aromatic heterocycles. The Morgan fingerprint density at radius 2 is 1.04 bits per heavy atom. The minimum atomic E-state index is -0.832. The molecule has 1 aromatic rings. The highest BCUT2D eigenvalue weighted by Gasteiger charge is 2.34. The van der Waals surface area contributed by atoms with E-state index in [2.05, 4.69) is 6.07 Å². The molecule has 134 valence electrons. The molecule has 0 aliphatic carbocycles. The number of nitrogens with zero attached hydrogens (tertiary/aromatic N) is 5. The Balaban J connectivity index is 2.34. The predicted octanol–water partition coefficient (Wildman–Crippen LogP) is 2.41. The van der Waals surface area contributed by atoms with Gasteiger partial charge in [0.1, 0.15) is 0 Å². The quantitative estimate of drug-likeness (QED) is 0.448. The Morgan fingerprint density at radius 3 is 1.32 bits per heavy atom. The van der Waals surface area contributed by atoms with Crippen molar-refractivity contribution < 1.29 is 14.8 Å². The van der Waals surface area contributed by atoms with Gasteiger partial charge in [0, 0.05) is 40.9 Å². The molecule has 0 atom stereocenters. The molecule has 3 rings (SSSR count). The van der Waals surface area contributed by atoms with Crippen molar-refractivity contribution in [1.82, 2.24) is 0 Å². The van der Waals surface area contributed by atoms with Crippen molar-refractivity contribution in [2.24, 2.45) is 0 Å². The fourth-order valence-corrected chi connectivity index (χ4v) is 3.48. The molecule has 0 amide bonds. The van der Waals surface area contributed by atoms with Crippen LogP contribution in [0.4, 0.5) is 28.4 Å². The van der Waals surface area contributed by atoms with Gasteiger partial charge < -0.3 is 9.80 Å². The number of hydrogen-bond acceptors (Lipinski definition) is 8.